The molecule has 0 saturated carbocycles. The predicted molar refractivity (Wildman–Crippen MR) is 53.9 cm³/mol. The van der Waals surface area contributed by atoms with Crippen molar-refractivity contribution in [1.29, 1.82) is 0 Å². The molecule has 7 nitrogen and oxygen atoms in total. The summed E-state index contributed by atoms with van der Waals surface area (Å²) in [5.41, 5.74) is -0.129. The third-order valence-corrected chi connectivity index (χ3v) is 2.32. The lowest BCUT2D eigenvalue weighted by atomic mass is 10.3. The van der Waals surface area contributed by atoms with Crippen molar-refractivity contribution in [3.05, 3.63) is 28.4 Å². The van der Waals surface area contributed by atoms with E-state index in [2.05, 4.69) is 4.98 Å². The van der Waals surface area contributed by atoms with Gasteiger partial charge in [0.15, 0.2) is 0 Å². The Kier molecular flexibility index (Phi) is 2.53. The summed E-state index contributed by atoms with van der Waals surface area (Å²) < 4.78 is 0. The van der Waals surface area contributed by atoms with Crippen molar-refractivity contribution in [1.82, 2.24) is 4.98 Å². The van der Waals surface area contributed by atoms with Crippen LogP contribution in [0.5, 0.6) is 0 Å². The first-order valence-corrected chi connectivity index (χ1v) is 4.67. The van der Waals surface area contributed by atoms with Gasteiger partial charge in [-0.2, -0.15) is 0 Å². The van der Waals surface area contributed by atoms with Gasteiger partial charge in [0.25, 0.3) is 5.69 Å². The van der Waals surface area contributed by atoms with Crippen LogP contribution in [0.15, 0.2) is 18.3 Å². The summed E-state index contributed by atoms with van der Waals surface area (Å²) in [7, 11) is 0. The van der Waals surface area contributed by atoms with Crippen molar-refractivity contribution in [3.8, 4) is 0 Å². The molecule has 2 rings (SSSR count). The zero-order chi connectivity index (χ0) is 11.7. The molecular formula is C9H9N3O4. The van der Waals surface area contributed by atoms with Crippen LogP contribution in [0.25, 0.3) is 0 Å². The lowest BCUT2D eigenvalue weighted by Crippen LogP contribution is -2.26. The number of β-amino-alcohol motifs (C(OH)–C–C–N with tert-alkyl or cyclic N) is 1. The molecule has 0 radical (unpaired) electrons. The molecule has 16 heavy (non-hydrogen) atoms. The third-order valence-electron chi connectivity index (χ3n) is 2.32. The summed E-state index contributed by atoms with van der Waals surface area (Å²) in [6, 6.07) is 2.67. The van der Waals surface area contributed by atoms with Gasteiger partial charge in [-0.3, -0.25) is 19.8 Å². The first-order chi connectivity index (χ1) is 7.58. The highest BCUT2D eigenvalue weighted by Crippen LogP contribution is 2.21. The molecule has 1 aliphatic heterocycles. The van der Waals surface area contributed by atoms with Gasteiger partial charge >= 0.3 is 0 Å². The van der Waals surface area contributed by atoms with Gasteiger partial charge in [-0.25, -0.2) is 4.98 Å². The van der Waals surface area contributed by atoms with E-state index in [0.29, 0.717) is 5.82 Å². The van der Waals surface area contributed by atoms with Crippen LogP contribution in [-0.2, 0) is 4.79 Å². The van der Waals surface area contributed by atoms with E-state index >= 15 is 0 Å². The Morgan fingerprint density at radius 3 is 2.75 bits per heavy atom. The monoisotopic (exact) mass is 223 g/mol. The molecule has 1 aromatic rings. The molecule has 1 N–H and O–H groups in total. The summed E-state index contributed by atoms with van der Waals surface area (Å²) in [6.07, 6.45) is 0.468. The molecule has 1 saturated heterocycles. The van der Waals surface area contributed by atoms with Crippen LogP contribution in [0, 0.1) is 10.1 Å². The number of amides is 1. The zero-order valence-corrected chi connectivity index (χ0v) is 8.24. The number of hydrogen-bond acceptors (Lipinski definition) is 5. The van der Waals surface area contributed by atoms with Gasteiger partial charge in [0.2, 0.25) is 5.91 Å². The summed E-state index contributed by atoms with van der Waals surface area (Å²) in [6.45, 7) is 0.184. The van der Waals surface area contributed by atoms with Crippen LogP contribution < -0.4 is 4.90 Å². The second kappa shape index (κ2) is 3.86. The first kappa shape index (κ1) is 10.5. The van der Waals surface area contributed by atoms with E-state index in [1.807, 2.05) is 0 Å². The van der Waals surface area contributed by atoms with Gasteiger partial charge in [0.1, 0.15) is 12.0 Å². The van der Waals surface area contributed by atoms with E-state index in [0.717, 1.165) is 6.20 Å². The smallest absolute Gasteiger partial charge is 0.287 e. The number of nitrogens with zero attached hydrogens (tertiary/aromatic N) is 3. The van der Waals surface area contributed by atoms with E-state index < -0.39 is 11.0 Å². The summed E-state index contributed by atoms with van der Waals surface area (Å²) >= 11 is 0. The molecule has 84 valence electrons. The Morgan fingerprint density at radius 2 is 2.31 bits per heavy atom. The number of aliphatic hydroxyl groups excluding tert-OH is 1. The van der Waals surface area contributed by atoms with Crippen molar-refractivity contribution in [3.63, 3.8) is 0 Å². The van der Waals surface area contributed by atoms with Crippen LogP contribution in [0.1, 0.15) is 6.42 Å². The largest absolute Gasteiger partial charge is 0.391 e. The summed E-state index contributed by atoms with van der Waals surface area (Å²) in [5.74, 6) is 0.0982. The Labute approximate surface area is 90.5 Å². The Bertz CT molecular complexity index is 431. The highest BCUT2D eigenvalue weighted by molar-refractivity contribution is 5.95. The average Bonchev–Trinajstić information content (AvgIpc) is 2.58. The minimum absolute atomic E-state index is 0.0681. The van der Waals surface area contributed by atoms with Crippen molar-refractivity contribution >= 4 is 17.4 Å². The Morgan fingerprint density at radius 1 is 1.56 bits per heavy atom. The third kappa shape index (κ3) is 1.84. The van der Waals surface area contributed by atoms with Crippen LogP contribution in [0.2, 0.25) is 0 Å². The van der Waals surface area contributed by atoms with Crippen molar-refractivity contribution in [2.45, 2.75) is 12.5 Å². The van der Waals surface area contributed by atoms with Crippen molar-refractivity contribution in [2.24, 2.45) is 0 Å². The predicted octanol–water partition coefficient (Wildman–Crippen LogP) is 0.0874. The normalized spacial score (nSPS) is 20.2. The van der Waals surface area contributed by atoms with Crippen LogP contribution in [-0.4, -0.2) is 33.6 Å². The van der Waals surface area contributed by atoms with Gasteiger partial charge in [-0.1, -0.05) is 0 Å². The topological polar surface area (TPSA) is 96.6 Å². The van der Waals surface area contributed by atoms with Crippen LogP contribution >= 0.6 is 0 Å². The lowest BCUT2D eigenvalue weighted by molar-refractivity contribution is -0.385. The molecule has 0 aliphatic carbocycles. The maximum Gasteiger partial charge on any atom is 0.287 e. The number of carbonyl (C=O) groups excluding carboxylic acids is 1. The highest BCUT2D eigenvalue weighted by Gasteiger charge is 2.29. The van der Waals surface area contributed by atoms with E-state index in [9.17, 15) is 20.0 Å². The number of carbonyl (C=O) groups is 1. The maximum absolute atomic E-state index is 11.4. The minimum atomic E-state index is -0.690. The van der Waals surface area contributed by atoms with Crippen LogP contribution in [0.3, 0.4) is 0 Å². The number of anilines is 1. The fourth-order valence-corrected chi connectivity index (χ4v) is 1.56. The number of aromatic nitrogens is 1. The van der Waals surface area contributed by atoms with Gasteiger partial charge < -0.3 is 5.11 Å². The molecule has 0 bridgehead atoms. The summed E-state index contributed by atoms with van der Waals surface area (Å²) in [4.78, 5) is 26.4. The average molecular weight is 223 g/mol. The second-order valence-electron chi connectivity index (χ2n) is 3.49. The zero-order valence-electron chi connectivity index (χ0n) is 8.24. The van der Waals surface area contributed by atoms with Crippen molar-refractivity contribution in [2.75, 3.05) is 11.4 Å². The minimum Gasteiger partial charge on any atom is -0.391 e. The fourth-order valence-electron chi connectivity index (χ4n) is 1.56. The molecule has 1 atom stereocenters. The number of hydrogen-bond donors (Lipinski definition) is 1. The van der Waals surface area contributed by atoms with Gasteiger partial charge in [-0.15, -0.1) is 0 Å². The molecule has 1 aromatic heterocycles. The molecule has 0 aromatic carbocycles. The van der Waals surface area contributed by atoms with E-state index in [1.165, 1.54) is 17.0 Å². The Hall–Kier alpha value is -2.02. The number of aliphatic hydroxyl groups is 1. The highest BCUT2D eigenvalue weighted by atomic mass is 16.6. The standard InChI is InChI=1S/C9H9N3O4/c13-7-3-9(14)11(5-7)8-2-1-6(4-10-8)12(15)16/h1-2,4,7,13H,3,5H2. The van der Waals surface area contributed by atoms with E-state index in [4.69, 9.17) is 0 Å². The maximum atomic E-state index is 11.4. The van der Waals surface area contributed by atoms with Gasteiger partial charge in [0, 0.05) is 6.07 Å². The summed E-state index contributed by atoms with van der Waals surface area (Å²) in [5, 5.41) is 19.7. The van der Waals surface area contributed by atoms with Crippen LogP contribution in [0.4, 0.5) is 11.5 Å². The lowest BCUT2D eigenvalue weighted by Gasteiger charge is -2.13. The van der Waals surface area contributed by atoms with Gasteiger partial charge in [-0.05, 0) is 6.07 Å². The fraction of sp³-hybridized carbons (Fsp3) is 0.333. The molecule has 1 fully saturated rings. The molecule has 7 heteroatoms. The number of nitro groups is 1. The molecular weight excluding hydrogens is 214 g/mol. The SMILES string of the molecule is O=C1CC(O)CN1c1ccc([N+](=O)[O-])cn1. The molecule has 2 heterocycles. The van der Waals surface area contributed by atoms with E-state index in [1.54, 1.807) is 0 Å². The molecule has 1 aliphatic rings. The first-order valence-electron chi connectivity index (χ1n) is 4.67. The molecule has 0 spiro atoms. The molecule has 1 unspecified atom stereocenters. The van der Waals surface area contributed by atoms with E-state index in [-0.39, 0.29) is 24.6 Å². The van der Waals surface area contributed by atoms with Crippen molar-refractivity contribution < 1.29 is 14.8 Å². The number of pyridine rings is 1. The second-order valence-corrected chi connectivity index (χ2v) is 3.49. The quantitative estimate of drug-likeness (QED) is 0.566. The Balaban J connectivity index is 2.22. The number of rotatable bonds is 2. The van der Waals surface area contributed by atoms with Gasteiger partial charge in [0.05, 0.1) is 24.0 Å². The molecule has 1 amide bonds.